The molecule has 2 rings (SSSR count). The van der Waals surface area contributed by atoms with Gasteiger partial charge in [0.1, 0.15) is 0 Å². The molecule has 2 aromatic carbocycles. The van der Waals surface area contributed by atoms with Crippen molar-refractivity contribution in [2.45, 2.75) is 20.4 Å². The summed E-state index contributed by atoms with van der Waals surface area (Å²) in [5.74, 6) is 0. The molecule has 0 amide bonds. The van der Waals surface area contributed by atoms with Crippen molar-refractivity contribution in [3.8, 4) is 0 Å². The second-order valence-corrected chi connectivity index (χ2v) is 5.12. The minimum absolute atomic E-state index is 0.137. The van der Waals surface area contributed by atoms with Crippen LogP contribution < -0.4 is 5.32 Å². The van der Waals surface area contributed by atoms with Gasteiger partial charge in [0, 0.05) is 28.9 Å². The van der Waals surface area contributed by atoms with E-state index in [0.717, 1.165) is 21.8 Å². The number of anilines is 1. The molecule has 0 aliphatic carbocycles. The summed E-state index contributed by atoms with van der Waals surface area (Å²) in [7, 11) is 0. The SMILES string of the molecule is Cc1cc(Cl)ccc1CNc1ccc([N+](=O)[O-])c(C)c1. The van der Waals surface area contributed by atoms with Crippen LogP contribution in [0.1, 0.15) is 16.7 Å². The van der Waals surface area contributed by atoms with E-state index >= 15 is 0 Å². The highest BCUT2D eigenvalue weighted by Crippen LogP contribution is 2.22. The topological polar surface area (TPSA) is 55.2 Å². The molecule has 0 unspecified atom stereocenters. The molecule has 2 aromatic rings. The van der Waals surface area contributed by atoms with Gasteiger partial charge in [-0.25, -0.2) is 0 Å². The number of nitrogens with zero attached hydrogens (tertiary/aromatic N) is 1. The van der Waals surface area contributed by atoms with Gasteiger partial charge in [-0.1, -0.05) is 17.7 Å². The molecule has 0 aliphatic heterocycles. The summed E-state index contributed by atoms with van der Waals surface area (Å²) in [5.41, 5.74) is 3.91. The Kier molecular flexibility index (Phi) is 4.25. The van der Waals surface area contributed by atoms with Crippen LogP contribution in [0.4, 0.5) is 11.4 Å². The first-order valence-corrected chi connectivity index (χ1v) is 6.59. The van der Waals surface area contributed by atoms with Crippen LogP contribution in [-0.4, -0.2) is 4.92 Å². The molecular formula is C15H15ClN2O2. The minimum atomic E-state index is -0.373. The van der Waals surface area contributed by atoms with Gasteiger partial charge in [-0.2, -0.15) is 0 Å². The predicted molar refractivity (Wildman–Crippen MR) is 81.3 cm³/mol. The van der Waals surface area contributed by atoms with Gasteiger partial charge in [0.15, 0.2) is 0 Å². The second-order valence-electron chi connectivity index (χ2n) is 4.68. The smallest absolute Gasteiger partial charge is 0.272 e. The summed E-state index contributed by atoms with van der Waals surface area (Å²) in [6, 6.07) is 10.8. The molecule has 0 saturated heterocycles. The van der Waals surface area contributed by atoms with Gasteiger partial charge < -0.3 is 5.32 Å². The Morgan fingerprint density at radius 1 is 1.15 bits per heavy atom. The third-order valence-corrected chi connectivity index (χ3v) is 3.42. The molecule has 0 spiro atoms. The van der Waals surface area contributed by atoms with Crippen molar-refractivity contribution < 1.29 is 4.92 Å². The van der Waals surface area contributed by atoms with E-state index in [4.69, 9.17) is 11.6 Å². The standard InChI is InChI=1S/C15H15ClN2O2/c1-10-7-13(16)4-3-12(10)9-17-14-5-6-15(18(19)20)11(2)8-14/h3-8,17H,9H2,1-2H3. The summed E-state index contributed by atoms with van der Waals surface area (Å²) >= 11 is 5.92. The van der Waals surface area contributed by atoms with Gasteiger partial charge in [0.25, 0.3) is 5.69 Å². The maximum atomic E-state index is 10.8. The summed E-state index contributed by atoms with van der Waals surface area (Å²) < 4.78 is 0. The molecule has 0 saturated carbocycles. The zero-order valence-electron chi connectivity index (χ0n) is 11.3. The van der Waals surface area contributed by atoms with E-state index in [2.05, 4.69) is 5.32 Å². The van der Waals surface area contributed by atoms with E-state index in [0.29, 0.717) is 12.1 Å². The van der Waals surface area contributed by atoms with Crippen LogP contribution in [0.3, 0.4) is 0 Å². The highest BCUT2D eigenvalue weighted by Gasteiger charge is 2.10. The Labute approximate surface area is 122 Å². The Bertz CT molecular complexity index is 656. The normalized spacial score (nSPS) is 10.3. The second kappa shape index (κ2) is 5.92. The third kappa shape index (κ3) is 3.27. The number of rotatable bonds is 4. The van der Waals surface area contributed by atoms with E-state index < -0.39 is 0 Å². The molecule has 0 aromatic heterocycles. The van der Waals surface area contributed by atoms with Crippen LogP contribution in [0.2, 0.25) is 5.02 Å². The zero-order chi connectivity index (χ0) is 14.7. The number of halogens is 1. The summed E-state index contributed by atoms with van der Waals surface area (Å²) in [4.78, 5) is 10.4. The molecule has 104 valence electrons. The first-order chi connectivity index (χ1) is 9.47. The Morgan fingerprint density at radius 3 is 2.50 bits per heavy atom. The van der Waals surface area contributed by atoms with Crippen LogP contribution in [0.15, 0.2) is 36.4 Å². The molecular weight excluding hydrogens is 276 g/mol. The zero-order valence-corrected chi connectivity index (χ0v) is 12.1. The maximum Gasteiger partial charge on any atom is 0.272 e. The van der Waals surface area contributed by atoms with E-state index in [1.807, 2.05) is 25.1 Å². The monoisotopic (exact) mass is 290 g/mol. The van der Waals surface area contributed by atoms with Crippen LogP contribution in [0, 0.1) is 24.0 Å². The molecule has 0 atom stereocenters. The van der Waals surface area contributed by atoms with Gasteiger partial charge in [-0.15, -0.1) is 0 Å². The quantitative estimate of drug-likeness (QED) is 0.667. The van der Waals surface area contributed by atoms with E-state index in [1.165, 1.54) is 6.07 Å². The molecule has 0 bridgehead atoms. The molecule has 0 fully saturated rings. The highest BCUT2D eigenvalue weighted by atomic mass is 35.5. The first-order valence-electron chi connectivity index (χ1n) is 6.21. The lowest BCUT2D eigenvalue weighted by atomic mass is 10.1. The van der Waals surface area contributed by atoms with Crippen molar-refractivity contribution in [1.29, 1.82) is 0 Å². The van der Waals surface area contributed by atoms with Gasteiger partial charge >= 0.3 is 0 Å². The molecule has 20 heavy (non-hydrogen) atoms. The van der Waals surface area contributed by atoms with Crippen molar-refractivity contribution in [3.63, 3.8) is 0 Å². The fourth-order valence-corrected chi connectivity index (χ4v) is 2.25. The number of aryl methyl sites for hydroxylation is 2. The van der Waals surface area contributed by atoms with Gasteiger partial charge in [0.05, 0.1) is 4.92 Å². The van der Waals surface area contributed by atoms with Crippen molar-refractivity contribution in [2.24, 2.45) is 0 Å². The van der Waals surface area contributed by atoms with Crippen molar-refractivity contribution in [2.75, 3.05) is 5.32 Å². The van der Waals surface area contributed by atoms with Gasteiger partial charge in [-0.05, 0) is 49.2 Å². The Hall–Kier alpha value is -2.07. The van der Waals surface area contributed by atoms with Crippen LogP contribution in [0.25, 0.3) is 0 Å². The summed E-state index contributed by atoms with van der Waals surface area (Å²) in [6.45, 7) is 4.39. The number of hydrogen-bond acceptors (Lipinski definition) is 3. The van der Waals surface area contributed by atoms with Gasteiger partial charge in [0.2, 0.25) is 0 Å². The fourth-order valence-electron chi connectivity index (χ4n) is 2.03. The van der Waals surface area contributed by atoms with E-state index in [-0.39, 0.29) is 10.6 Å². The Balaban J connectivity index is 2.11. The van der Waals surface area contributed by atoms with E-state index in [9.17, 15) is 10.1 Å². The molecule has 1 N–H and O–H groups in total. The molecule has 0 heterocycles. The van der Waals surface area contributed by atoms with E-state index in [1.54, 1.807) is 19.1 Å². The average molecular weight is 291 g/mol. The van der Waals surface area contributed by atoms with Gasteiger partial charge in [-0.3, -0.25) is 10.1 Å². The lowest BCUT2D eigenvalue weighted by Gasteiger charge is -2.10. The first kappa shape index (κ1) is 14.3. The Morgan fingerprint density at radius 2 is 1.90 bits per heavy atom. The van der Waals surface area contributed by atoms with Crippen molar-refractivity contribution in [1.82, 2.24) is 0 Å². The van der Waals surface area contributed by atoms with Crippen molar-refractivity contribution in [3.05, 3.63) is 68.2 Å². The third-order valence-electron chi connectivity index (χ3n) is 3.18. The number of benzene rings is 2. The van der Waals surface area contributed by atoms with Crippen LogP contribution in [0.5, 0.6) is 0 Å². The van der Waals surface area contributed by atoms with Crippen molar-refractivity contribution >= 4 is 23.0 Å². The highest BCUT2D eigenvalue weighted by molar-refractivity contribution is 6.30. The molecule has 5 heteroatoms. The number of hydrogen-bond donors (Lipinski definition) is 1. The molecule has 0 aliphatic rings. The average Bonchev–Trinajstić information content (AvgIpc) is 2.37. The molecule has 0 radical (unpaired) electrons. The lowest BCUT2D eigenvalue weighted by Crippen LogP contribution is -2.02. The minimum Gasteiger partial charge on any atom is -0.381 e. The predicted octanol–water partition coefficient (Wildman–Crippen LogP) is 4.48. The maximum absolute atomic E-state index is 10.8. The largest absolute Gasteiger partial charge is 0.381 e. The summed E-state index contributed by atoms with van der Waals surface area (Å²) in [6.07, 6.45) is 0. The number of nitrogens with one attached hydrogen (secondary N) is 1. The molecule has 4 nitrogen and oxygen atoms in total. The number of nitro benzene ring substituents is 1. The number of nitro groups is 1. The fraction of sp³-hybridized carbons (Fsp3) is 0.200. The van der Waals surface area contributed by atoms with Crippen LogP contribution in [-0.2, 0) is 6.54 Å². The summed E-state index contributed by atoms with van der Waals surface area (Å²) in [5, 5.41) is 14.7. The lowest BCUT2D eigenvalue weighted by molar-refractivity contribution is -0.385. The van der Waals surface area contributed by atoms with Crippen LogP contribution >= 0.6 is 11.6 Å².